The van der Waals surface area contributed by atoms with Crippen LogP contribution in [-0.4, -0.2) is 97.0 Å². The third kappa shape index (κ3) is 19.5. The fraction of sp³-hybridized carbons (Fsp3) is 0.383. The lowest BCUT2D eigenvalue weighted by molar-refractivity contribution is -0.384. The number of non-ortho nitro benzene ring substituents is 1. The van der Waals surface area contributed by atoms with E-state index in [0.29, 0.717) is 44.7 Å². The predicted octanol–water partition coefficient (Wildman–Crippen LogP) is 15.6. The molecule has 2 unspecified atom stereocenters. The van der Waals surface area contributed by atoms with Crippen LogP contribution in [0.1, 0.15) is 154 Å². The SMILES string of the molecule is CCNC(=O)NC1=CC(C(Cc2ccncc2)c2ccc(OC)c(OC3CCCC3)c2)CC=C1.COc1ccc([C@@H]2CNC(=O)C2)cc1OC1CCCC1.COc1ccc([C@H]2CNC(=O)C2)cc1OC1CCCC1.O=[N+]([O-])c1cccc(-c2cc(Cc3ccncc3)cc3cccnc23)c1. The highest BCUT2D eigenvalue weighted by Gasteiger charge is 2.30. The van der Waals surface area contributed by atoms with Crippen LogP contribution in [0.5, 0.6) is 34.5 Å². The highest BCUT2D eigenvalue weighted by Crippen LogP contribution is 2.42. The highest BCUT2D eigenvalue weighted by atomic mass is 16.6. The number of allylic oxidation sites excluding steroid dienone is 3. The van der Waals surface area contributed by atoms with E-state index in [1.54, 1.807) is 52.1 Å². The average molecular weight is 1350 g/mol. The number of methoxy groups -OCH3 is 3. The molecule has 6 aliphatic rings. The van der Waals surface area contributed by atoms with Gasteiger partial charge in [0.05, 0.1) is 50.1 Å². The Morgan fingerprint density at radius 3 is 1.66 bits per heavy atom. The molecule has 8 aromatic rings. The first-order chi connectivity index (χ1) is 48.9. The summed E-state index contributed by atoms with van der Waals surface area (Å²) in [7, 11) is 5.02. The summed E-state index contributed by atoms with van der Waals surface area (Å²) in [4.78, 5) is 58.3. The van der Waals surface area contributed by atoms with E-state index >= 15 is 0 Å². The molecule has 3 saturated carbocycles. The van der Waals surface area contributed by atoms with Gasteiger partial charge in [0, 0.05) is 104 Å². The van der Waals surface area contributed by atoms with Crippen LogP contribution in [0.25, 0.3) is 22.0 Å². The number of amides is 4. The van der Waals surface area contributed by atoms with Gasteiger partial charge in [0.25, 0.3) is 5.69 Å². The number of urea groups is 1. The minimum Gasteiger partial charge on any atom is -0.493 e. The molecule has 5 fully saturated rings. The standard InChI is InChI=1S/C28H35N3O3.C21H15N3O2.2C16H21NO3/c1-3-30-28(32)31-23-8-6-7-21(18-23)25(17-20-13-15-29-16-14-20)22-11-12-26(33-2)27(19-22)34-24-9-4-5-10-24;25-24(26)19-5-1-3-17(14-19)20-13-16(11-15-6-9-22-10-7-15)12-18-4-2-8-23-21(18)20;2*1-19-14-7-6-11(12-9-16(18)17-10-12)8-15(14)20-13-4-2-3-5-13/h6,8,11-16,18-19,21,24-25H,3-5,7,9-10,17H2,1-2H3,(H2,30,31,32);1-10,12-14H,11H2;2*6-8,12-13H,2-5,9-10H2,1H3,(H,17,18)/t;;2*12-/m..10/s1. The summed E-state index contributed by atoms with van der Waals surface area (Å²) in [5.74, 6) is 5.96. The van der Waals surface area contributed by atoms with Crippen molar-refractivity contribution < 1.29 is 47.7 Å². The second-order valence-electron chi connectivity index (χ2n) is 26.3. The van der Waals surface area contributed by atoms with E-state index < -0.39 is 0 Å². The smallest absolute Gasteiger partial charge is 0.319 e. The molecular weight excluding hydrogens is 1260 g/mol. The van der Waals surface area contributed by atoms with Crippen molar-refractivity contribution in [3.05, 3.63) is 226 Å². The lowest BCUT2D eigenvalue weighted by Crippen LogP contribution is -2.35. The van der Waals surface area contributed by atoms with Gasteiger partial charge in [0.15, 0.2) is 34.5 Å². The van der Waals surface area contributed by atoms with Crippen LogP contribution in [0.15, 0.2) is 182 Å². The van der Waals surface area contributed by atoms with E-state index in [-0.39, 0.29) is 58.2 Å². The third-order valence-corrected chi connectivity index (χ3v) is 19.4. The summed E-state index contributed by atoms with van der Waals surface area (Å²) in [5.41, 5.74) is 10.5. The normalized spacial score (nSPS) is 18.3. The maximum absolute atomic E-state index is 12.1. The number of hydrogen-bond donors (Lipinski definition) is 4. The molecule has 5 heterocycles. The molecule has 19 nitrogen and oxygen atoms in total. The van der Waals surface area contributed by atoms with Gasteiger partial charge in [-0.1, -0.05) is 48.6 Å². The minimum absolute atomic E-state index is 0.0751. The molecule has 14 rings (SSSR count). The molecule has 4 aliphatic carbocycles. The first kappa shape index (κ1) is 71.0. The van der Waals surface area contributed by atoms with Crippen LogP contribution in [0, 0.1) is 16.0 Å². The molecule has 4 amide bonds. The summed E-state index contributed by atoms with van der Waals surface area (Å²) in [5, 5.41) is 23.7. The van der Waals surface area contributed by atoms with Gasteiger partial charge in [-0.15, -0.1) is 0 Å². The van der Waals surface area contributed by atoms with Gasteiger partial charge < -0.3 is 49.7 Å². The molecule has 3 aromatic heterocycles. The van der Waals surface area contributed by atoms with Gasteiger partial charge in [-0.3, -0.25) is 34.7 Å². The van der Waals surface area contributed by atoms with E-state index in [9.17, 15) is 24.5 Å². The lowest BCUT2D eigenvalue weighted by atomic mass is 9.78. The molecular formula is C81H92N8O11. The van der Waals surface area contributed by atoms with Gasteiger partial charge >= 0.3 is 6.03 Å². The average Bonchev–Trinajstić information content (AvgIpc) is 1.05. The first-order valence-corrected chi connectivity index (χ1v) is 35.3. The number of fused-ring (bicyclic) bond motifs is 1. The Labute approximate surface area is 586 Å². The van der Waals surface area contributed by atoms with Crippen molar-refractivity contribution >= 4 is 34.4 Å². The zero-order valence-electron chi connectivity index (χ0n) is 57.7. The van der Waals surface area contributed by atoms with Gasteiger partial charge in [0.2, 0.25) is 11.8 Å². The van der Waals surface area contributed by atoms with Crippen LogP contribution in [0.2, 0.25) is 0 Å². The third-order valence-electron chi connectivity index (χ3n) is 19.4. The summed E-state index contributed by atoms with van der Waals surface area (Å²) in [6.07, 6.45) is 33.9. The molecule has 522 valence electrons. The number of nitrogens with one attached hydrogen (secondary N) is 4. The number of rotatable bonds is 21. The monoisotopic (exact) mass is 1350 g/mol. The Kier molecular flexibility index (Phi) is 25.2. The Bertz CT molecular complexity index is 4020. The van der Waals surface area contributed by atoms with Crippen LogP contribution in [-0.2, 0) is 22.4 Å². The number of nitrogens with zero attached hydrogens (tertiary/aromatic N) is 4. The fourth-order valence-corrected chi connectivity index (χ4v) is 14.1. The number of aromatic nitrogens is 3. The van der Waals surface area contributed by atoms with Crippen molar-refractivity contribution in [2.24, 2.45) is 5.92 Å². The topological polar surface area (TPSA) is 237 Å². The van der Waals surface area contributed by atoms with E-state index in [4.69, 9.17) is 28.4 Å². The second-order valence-corrected chi connectivity index (χ2v) is 26.3. The number of pyridine rings is 3. The molecule has 0 radical (unpaired) electrons. The number of carbonyl (C=O) groups excluding carboxylic acids is 3. The zero-order valence-corrected chi connectivity index (χ0v) is 57.7. The minimum atomic E-state index is -0.375. The van der Waals surface area contributed by atoms with Crippen molar-refractivity contribution in [2.45, 2.75) is 152 Å². The van der Waals surface area contributed by atoms with Crippen molar-refractivity contribution in [2.75, 3.05) is 41.0 Å². The van der Waals surface area contributed by atoms with E-state index in [2.05, 4.69) is 84.8 Å². The molecule has 4 atom stereocenters. The second kappa shape index (κ2) is 35.5. The summed E-state index contributed by atoms with van der Waals surface area (Å²) in [6.45, 7) is 3.93. The molecule has 19 heteroatoms. The number of nitro groups is 1. The van der Waals surface area contributed by atoms with Crippen molar-refractivity contribution in [1.29, 1.82) is 0 Å². The maximum Gasteiger partial charge on any atom is 0.319 e. The Morgan fingerprint density at radius 2 is 1.14 bits per heavy atom. The number of nitro benzene ring substituents is 1. The molecule has 5 aromatic carbocycles. The predicted molar refractivity (Wildman–Crippen MR) is 387 cm³/mol. The van der Waals surface area contributed by atoms with Gasteiger partial charge in [0.1, 0.15) is 0 Å². The molecule has 4 N–H and O–H groups in total. The van der Waals surface area contributed by atoms with Crippen LogP contribution < -0.4 is 49.7 Å². The van der Waals surface area contributed by atoms with Crippen LogP contribution in [0.3, 0.4) is 0 Å². The Morgan fingerprint density at radius 1 is 0.600 bits per heavy atom. The van der Waals surface area contributed by atoms with Gasteiger partial charge in [-0.25, -0.2) is 4.79 Å². The Hall–Kier alpha value is -10.3. The number of benzene rings is 5. The molecule has 2 saturated heterocycles. The van der Waals surface area contributed by atoms with E-state index in [0.717, 1.165) is 142 Å². The Balaban J connectivity index is 0.000000138. The summed E-state index contributed by atoms with van der Waals surface area (Å²) in [6, 6.07) is 41.1. The highest BCUT2D eigenvalue weighted by molar-refractivity contribution is 5.94. The van der Waals surface area contributed by atoms with E-state index in [1.165, 1.54) is 55.7 Å². The lowest BCUT2D eigenvalue weighted by Gasteiger charge is -2.28. The van der Waals surface area contributed by atoms with Gasteiger partial charge in [-0.05, 0) is 239 Å². The number of carbonyl (C=O) groups is 3. The molecule has 0 spiro atoms. The zero-order chi connectivity index (χ0) is 69.6. The fourth-order valence-electron chi connectivity index (χ4n) is 14.1. The largest absolute Gasteiger partial charge is 0.493 e. The van der Waals surface area contributed by atoms with Crippen LogP contribution >= 0.6 is 0 Å². The number of ether oxygens (including phenoxy) is 6. The number of hydrogen-bond acceptors (Lipinski definition) is 14. The van der Waals surface area contributed by atoms with E-state index in [1.807, 2.05) is 98.2 Å². The van der Waals surface area contributed by atoms with Gasteiger partial charge in [-0.2, -0.15) is 0 Å². The van der Waals surface area contributed by atoms with Crippen molar-refractivity contribution in [1.82, 2.24) is 36.2 Å². The molecule has 0 bridgehead atoms. The summed E-state index contributed by atoms with van der Waals surface area (Å²) < 4.78 is 35.0. The first-order valence-electron chi connectivity index (χ1n) is 35.3. The molecule has 100 heavy (non-hydrogen) atoms. The van der Waals surface area contributed by atoms with Crippen LogP contribution in [0.4, 0.5) is 10.5 Å². The quantitative estimate of drug-likeness (QED) is 0.0387. The van der Waals surface area contributed by atoms with Crippen molar-refractivity contribution in [3.8, 4) is 45.6 Å². The van der Waals surface area contributed by atoms with Crippen molar-refractivity contribution in [3.63, 3.8) is 0 Å². The maximum atomic E-state index is 12.1. The summed E-state index contributed by atoms with van der Waals surface area (Å²) >= 11 is 0. The molecule has 2 aliphatic heterocycles.